The Labute approximate surface area is 73.3 Å². The number of azo groups is 1. The van der Waals surface area contributed by atoms with Crippen LogP contribution in [0, 0.1) is 5.92 Å². The second-order valence-electron chi connectivity index (χ2n) is 3.79. The molecule has 0 spiro atoms. The maximum absolute atomic E-state index is 11.3. The molecule has 0 saturated carbocycles. The van der Waals surface area contributed by atoms with Crippen molar-refractivity contribution < 1.29 is 4.79 Å². The van der Waals surface area contributed by atoms with E-state index in [0.29, 0.717) is 18.2 Å². The van der Waals surface area contributed by atoms with Gasteiger partial charge in [-0.3, -0.25) is 4.79 Å². The van der Waals surface area contributed by atoms with Gasteiger partial charge in [0.25, 0.3) is 0 Å². The zero-order valence-electron chi connectivity index (χ0n) is 7.95. The molecule has 0 aromatic rings. The lowest BCUT2D eigenvalue weighted by Crippen LogP contribution is -2.15. The van der Waals surface area contributed by atoms with E-state index in [2.05, 4.69) is 10.2 Å². The predicted octanol–water partition coefficient (Wildman–Crippen LogP) is 2.21. The third kappa shape index (κ3) is 2.40. The normalized spacial score (nSPS) is 28.3. The van der Waals surface area contributed by atoms with E-state index >= 15 is 0 Å². The van der Waals surface area contributed by atoms with Gasteiger partial charge in [-0.2, -0.15) is 10.2 Å². The fraction of sp³-hybridized carbons (Fsp3) is 0.889. The van der Waals surface area contributed by atoms with Crippen molar-refractivity contribution in [2.45, 2.75) is 45.7 Å². The van der Waals surface area contributed by atoms with Crippen molar-refractivity contribution in [2.24, 2.45) is 16.1 Å². The molecule has 0 saturated heterocycles. The van der Waals surface area contributed by atoms with Gasteiger partial charge in [-0.1, -0.05) is 13.8 Å². The summed E-state index contributed by atoms with van der Waals surface area (Å²) < 4.78 is 0. The molecule has 0 aliphatic carbocycles. The number of carbonyl (C=O) groups is 1. The first-order valence-corrected chi connectivity index (χ1v) is 4.52. The highest BCUT2D eigenvalue weighted by Gasteiger charge is 2.22. The van der Waals surface area contributed by atoms with Crippen LogP contribution in [-0.2, 0) is 4.79 Å². The van der Waals surface area contributed by atoms with Gasteiger partial charge in [0.15, 0.2) is 0 Å². The van der Waals surface area contributed by atoms with Gasteiger partial charge in [0.2, 0.25) is 0 Å². The fourth-order valence-electron chi connectivity index (χ4n) is 1.29. The lowest BCUT2D eigenvalue weighted by atomic mass is 9.99. The zero-order valence-corrected chi connectivity index (χ0v) is 7.95. The first kappa shape index (κ1) is 9.36. The van der Waals surface area contributed by atoms with Crippen LogP contribution < -0.4 is 0 Å². The SMILES string of the molecule is CC1CC(CC(=O)C(C)C)N=N1. The molecule has 3 nitrogen and oxygen atoms in total. The molecule has 3 heteroatoms. The summed E-state index contributed by atoms with van der Waals surface area (Å²) >= 11 is 0. The maximum Gasteiger partial charge on any atom is 0.137 e. The summed E-state index contributed by atoms with van der Waals surface area (Å²) in [6.45, 7) is 5.89. The van der Waals surface area contributed by atoms with Crippen LogP contribution in [0.25, 0.3) is 0 Å². The number of rotatable bonds is 3. The zero-order chi connectivity index (χ0) is 9.14. The van der Waals surface area contributed by atoms with E-state index in [4.69, 9.17) is 0 Å². The van der Waals surface area contributed by atoms with E-state index in [-0.39, 0.29) is 12.0 Å². The molecule has 1 aliphatic rings. The van der Waals surface area contributed by atoms with Gasteiger partial charge in [0, 0.05) is 12.3 Å². The van der Waals surface area contributed by atoms with Crippen LogP contribution in [0.5, 0.6) is 0 Å². The highest BCUT2D eigenvalue weighted by Crippen LogP contribution is 2.19. The lowest BCUT2D eigenvalue weighted by molar-refractivity contribution is -0.122. The van der Waals surface area contributed by atoms with Gasteiger partial charge in [-0.05, 0) is 13.3 Å². The van der Waals surface area contributed by atoms with Crippen molar-refractivity contribution in [1.82, 2.24) is 0 Å². The molecular formula is C9H16N2O. The maximum atomic E-state index is 11.3. The molecule has 0 fully saturated rings. The van der Waals surface area contributed by atoms with Gasteiger partial charge in [-0.15, -0.1) is 0 Å². The van der Waals surface area contributed by atoms with Crippen LogP contribution in [0.4, 0.5) is 0 Å². The minimum Gasteiger partial charge on any atom is -0.299 e. The fourth-order valence-corrected chi connectivity index (χ4v) is 1.29. The summed E-state index contributed by atoms with van der Waals surface area (Å²) in [7, 11) is 0. The Kier molecular flexibility index (Phi) is 2.95. The van der Waals surface area contributed by atoms with Crippen molar-refractivity contribution in [3.8, 4) is 0 Å². The third-order valence-corrected chi connectivity index (χ3v) is 2.12. The monoisotopic (exact) mass is 168 g/mol. The van der Waals surface area contributed by atoms with Crippen LogP contribution in [0.3, 0.4) is 0 Å². The summed E-state index contributed by atoms with van der Waals surface area (Å²) in [4.78, 5) is 11.3. The standard InChI is InChI=1S/C9H16N2O/c1-6(2)9(12)5-8-4-7(3)10-11-8/h6-8H,4-5H2,1-3H3. The second kappa shape index (κ2) is 3.78. The number of hydrogen-bond acceptors (Lipinski definition) is 3. The minimum atomic E-state index is 0.135. The smallest absolute Gasteiger partial charge is 0.137 e. The molecule has 1 aliphatic heterocycles. The average molecular weight is 168 g/mol. The summed E-state index contributed by atoms with van der Waals surface area (Å²) in [5, 5.41) is 8.05. The quantitative estimate of drug-likeness (QED) is 0.637. The average Bonchev–Trinajstić information content (AvgIpc) is 2.35. The van der Waals surface area contributed by atoms with E-state index in [1.807, 2.05) is 20.8 Å². The Bertz CT molecular complexity index is 199. The Hall–Kier alpha value is -0.730. The van der Waals surface area contributed by atoms with Crippen molar-refractivity contribution in [3.05, 3.63) is 0 Å². The van der Waals surface area contributed by atoms with Crippen LogP contribution in [0.1, 0.15) is 33.6 Å². The summed E-state index contributed by atoms with van der Waals surface area (Å²) in [5.74, 6) is 0.434. The van der Waals surface area contributed by atoms with Gasteiger partial charge in [0.1, 0.15) is 5.78 Å². The Morgan fingerprint density at radius 1 is 1.50 bits per heavy atom. The van der Waals surface area contributed by atoms with Gasteiger partial charge in [-0.25, -0.2) is 0 Å². The molecule has 0 bridgehead atoms. The van der Waals surface area contributed by atoms with E-state index in [1.165, 1.54) is 0 Å². The van der Waals surface area contributed by atoms with Crippen LogP contribution in [0.15, 0.2) is 10.2 Å². The van der Waals surface area contributed by atoms with Crippen molar-refractivity contribution in [1.29, 1.82) is 0 Å². The van der Waals surface area contributed by atoms with Crippen LogP contribution in [0.2, 0.25) is 0 Å². The second-order valence-corrected chi connectivity index (χ2v) is 3.79. The first-order valence-electron chi connectivity index (χ1n) is 4.52. The Balaban J connectivity index is 2.34. The van der Waals surface area contributed by atoms with E-state index in [1.54, 1.807) is 0 Å². The molecule has 0 aromatic carbocycles. The molecule has 1 heterocycles. The van der Waals surface area contributed by atoms with Gasteiger partial charge >= 0.3 is 0 Å². The van der Waals surface area contributed by atoms with Crippen molar-refractivity contribution in [3.63, 3.8) is 0 Å². The number of Topliss-reactive ketones (excluding diaryl/α,β-unsaturated/α-hetero) is 1. The molecule has 2 atom stereocenters. The molecule has 0 radical (unpaired) electrons. The number of ketones is 1. The van der Waals surface area contributed by atoms with Gasteiger partial charge < -0.3 is 0 Å². The highest BCUT2D eigenvalue weighted by molar-refractivity contribution is 5.80. The Morgan fingerprint density at radius 2 is 2.17 bits per heavy atom. The number of nitrogens with zero attached hydrogens (tertiary/aromatic N) is 2. The molecule has 0 N–H and O–H groups in total. The van der Waals surface area contributed by atoms with E-state index in [0.717, 1.165) is 6.42 Å². The number of hydrogen-bond donors (Lipinski definition) is 0. The summed E-state index contributed by atoms with van der Waals surface area (Å²) in [5.41, 5.74) is 0. The van der Waals surface area contributed by atoms with Crippen molar-refractivity contribution >= 4 is 5.78 Å². The first-order chi connectivity index (χ1) is 5.59. The summed E-state index contributed by atoms with van der Waals surface area (Å²) in [6.07, 6.45) is 1.52. The molecule has 12 heavy (non-hydrogen) atoms. The molecular weight excluding hydrogens is 152 g/mol. The number of carbonyl (C=O) groups excluding carboxylic acids is 1. The highest BCUT2D eigenvalue weighted by atomic mass is 16.1. The predicted molar refractivity (Wildman–Crippen MR) is 47.2 cm³/mol. The molecule has 0 aromatic heterocycles. The van der Waals surface area contributed by atoms with Crippen molar-refractivity contribution in [2.75, 3.05) is 0 Å². The van der Waals surface area contributed by atoms with Gasteiger partial charge in [0.05, 0.1) is 12.1 Å². The molecule has 2 unspecified atom stereocenters. The third-order valence-electron chi connectivity index (χ3n) is 2.12. The van der Waals surface area contributed by atoms with Crippen LogP contribution in [-0.4, -0.2) is 17.9 Å². The van der Waals surface area contributed by atoms with E-state index in [9.17, 15) is 4.79 Å². The topological polar surface area (TPSA) is 41.8 Å². The molecule has 1 rings (SSSR count). The lowest BCUT2D eigenvalue weighted by Gasteiger charge is -2.06. The summed E-state index contributed by atoms with van der Waals surface area (Å²) in [6, 6.07) is 0.477. The van der Waals surface area contributed by atoms with E-state index < -0.39 is 0 Å². The minimum absolute atomic E-state index is 0.135. The molecule has 0 amide bonds. The van der Waals surface area contributed by atoms with Crippen LogP contribution >= 0.6 is 0 Å². The largest absolute Gasteiger partial charge is 0.299 e. The molecule has 68 valence electrons. The Morgan fingerprint density at radius 3 is 2.58 bits per heavy atom.